The van der Waals surface area contributed by atoms with Crippen molar-refractivity contribution < 1.29 is 0 Å². The second kappa shape index (κ2) is 10.8. The van der Waals surface area contributed by atoms with Gasteiger partial charge in [-0.1, -0.05) is 140 Å². The molecule has 0 saturated heterocycles. The Morgan fingerprint density at radius 3 is 1.52 bits per heavy atom. The van der Waals surface area contributed by atoms with Gasteiger partial charge in [-0.25, -0.2) is 0 Å². The van der Waals surface area contributed by atoms with Crippen molar-refractivity contribution in [3.8, 4) is 44.5 Å². The Hall–Kier alpha value is -5.46. The average molecular weight is 665 g/mol. The van der Waals surface area contributed by atoms with E-state index in [-0.39, 0.29) is 5.41 Å². The summed E-state index contributed by atoms with van der Waals surface area (Å²) in [6.07, 6.45) is 7.04. The normalized spacial score (nSPS) is 23.8. The minimum Gasteiger partial charge on any atom is -0.0622 e. The molecule has 0 atom stereocenters. The van der Waals surface area contributed by atoms with Crippen molar-refractivity contribution in [3.63, 3.8) is 0 Å². The molecule has 0 amide bonds. The predicted octanol–water partition coefficient (Wildman–Crippen LogP) is 13.9. The van der Waals surface area contributed by atoms with E-state index in [0.29, 0.717) is 0 Å². The second-order valence-corrected chi connectivity index (χ2v) is 16.4. The maximum Gasteiger partial charge on any atom is 0.0272 e. The Morgan fingerprint density at radius 1 is 0.346 bits per heavy atom. The van der Waals surface area contributed by atoms with Gasteiger partial charge in [0.05, 0.1) is 0 Å². The molecule has 0 heteroatoms. The molecule has 8 aromatic rings. The first kappa shape index (κ1) is 29.2. The summed E-state index contributed by atoms with van der Waals surface area (Å²) >= 11 is 0. The fourth-order valence-corrected chi connectivity index (χ4v) is 12.3. The summed E-state index contributed by atoms with van der Waals surface area (Å²) in [6, 6.07) is 60.1. The van der Waals surface area contributed by atoms with Crippen LogP contribution in [0.25, 0.3) is 76.8 Å². The van der Waals surface area contributed by atoms with Gasteiger partial charge in [-0.05, 0) is 162 Å². The van der Waals surface area contributed by atoms with Crippen molar-refractivity contribution in [3.05, 3.63) is 169 Å². The average Bonchev–Trinajstić information content (AvgIpc) is 3.47. The first-order valence-electron chi connectivity index (χ1n) is 19.5. The summed E-state index contributed by atoms with van der Waals surface area (Å²) in [4.78, 5) is 0. The van der Waals surface area contributed by atoms with Crippen LogP contribution in [0.5, 0.6) is 0 Å². The third kappa shape index (κ3) is 3.88. The summed E-state index contributed by atoms with van der Waals surface area (Å²) in [5, 5.41) is 8.06. The molecule has 0 nitrogen and oxygen atoms in total. The van der Waals surface area contributed by atoms with E-state index in [2.05, 4.69) is 158 Å². The third-order valence-electron chi connectivity index (χ3n) is 14.0. The Balaban J connectivity index is 1.14. The van der Waals surface area contributed by atoms with Crippen molar-refractivity contribution in [1.82, 2.24) is 0 Å². The molecule has 4 fully saturated rings. The van der Waals surface area contributed by atoms with Gasteiger partial charge < -0.3 is 0 Å². The molecule has 1 spiro atoms. The largest absolute Gasteiger partial charge is 0.0622 e. The zero-order chi connectivity index (χ0) is 34.0. The van der Waals surface area contributed by atoms with E-state index in [9.17, 15) is 0 Å². The fraction of sp³-hybridized carbons (Fsp3) is 0.192. The molecule has 0 aliphatic heterocycles. The molecule has 8 aromatic carbocycles. The molecule has 52 heavy (non-hydrogen) atoms. The van der Waals surface area contributed by atoms with Gasteiger partial charge in [0.2, 0.25) is 0 Å². The van der Waals surface area contributed by atoms with E-state index in [1.807, 2.05) is 0 Å². The van der Waals surface area contributed by atoms with Gasteiger partial charge in [0.1, 0.15) is 0 Å². The van der Waals surface area contributed by atoms with Crippen LogP contribution in [0.2, 0.25) is 0 Å². The SMILES string of the molecule is c1ccc(-c2ccccc2-c2c3ccccc3c(-c3ccc4c(c3)C3(c5cc6ccccc6cc5-4)C4CC5CC(C4)CC3C5)c3ccccc23)cc1. The molecule has 0 heterocycles. The van der Waals surface area contributed by atoms with Gasteiger partial charge in [-0.3, -0.25) is 0 Å². The molecule has 248 valence electrons. The van der Waals surface area contributed by atoms with Crippen molar-refractivity contribution in [2.75, 3.05) is 0 Å². The molecule has 0 unspecified atom stereocenters. The van der Waals surface area contributed by atoms with Crippen molar-refractivity contribution in [1.29, 1.82) is 0 Å². The third-order valence-corrected chi connectivity index (χ3v) is 14.0. The Bertz CT molecular complexity index is 2660. The highest BCUT2D eigenvalue weighted by Crippen LogP contribution is 2.70. The van der Waals surface area contributed by atoms with Gasteiger partial charge in [0.15, 0.2) is 0 Å². The minimum atomic E-state index is 0.109. The van der Waals surface area contributed by atoms with E-state index in [1.165, 1.54) is 109 Å². The Labute approximate surface area is 305 Å². The van der Waals surface area contributed by atoms with E-state index in [4.69, 9.17) is 0 Å². The highest BCUT2D eigenvalue weighted by molar-refractivity contribution is 6.22. The number of hydrogen-bond acceptors (Lipinski definition) is 0. The first-order valence-corrected chi connectivity index (χ1v) is 19.5. The molecule has 13 rings (SSSR count). The number of rotatable bonds is 3. The van der Waals surface area contributed by atoms with Crippen LogP contribution in [-0.4, -0.2) is 0 Å². The summed E-state index contributed by atoms with van der Waals surface area (Å²) in [5.41, 5.74) is 14.2. The summed E-state index contributed by atoms with van der Waals surface area (Å²) in [5.74, 6) is 3.29. The Morgan fingerprint density at radius 2 is 0.865 bits per heavy atom. The van der Waals surface area contributed by atoms with E-state index in [1.54, 1.807) is 11.1 Å². The van der Waals surface area contributed by atoms with Crippen LogP contribution in [0, 0.1) is 23.7 Å². The molecule has 4 saturated carbocycles. The van der Waals surface area contributed by atoms with Crippen LogP contribution >= 0.6 is 0 Å². The molecule has 0 aromatic heterocycles. The van der Waals surface area contributed by atoms with Crippen LogP contribution in [0.15, 0.2) is 158 Å². The van der Waals surface area contributed by atoms with Gasteiger partial charge in [0.25, 0.3) is 0 Å². The standard InChI is InChI=1S/C52H40/c1-2-12-34(13-3-1)40-16-6-7-17-42(40)51-45-20-10-8-18-43(45)50(44-19-9-11-21-46(44)51)37-22-23-41-47-29-35-14-4-5-15-36(35)30-49(47)52(48(41)31-37)38-25-32-24-33(27-38)28-39(52)26-32/h1-23,29-33,38-39H,24-28H2. The Kier molecular flexibility index (Phi) is 6.04. The molecular weight excluding hydrogens is 625 g/mol. The smallest absolute Gasteiger partial charge is 0.0272 e. The fourth-order valence-electron chi connectivity index (χ4n) is 12.3. The van der Waals surface area contributed by atoms with Crippen LogP contribution in [0.1, 0.15) is 43.2 Å². The molecule has 4 bridgehead atoms. The lowest BCUT2D eigenvalue weighted by Crippen LogP contribution is -2.55. The highest BCUT2D eigenvalue weighted by atomic mass is 14.6. The number of fused-ring (bicyclic) bond motifs is 6. The topological polar surface area (TPSA) is 0 Å². The highest BCUT2D eigenvalue weighted by Gasteiger charge is 2.61. The van der Waals surface area contributed by atoms with Crippen molar-refractivity contribution in [2.24, 2.45) is 23.7 Å². The van der Waals surface area contributed by atoms with Crippen LogP contribution in [-0.2, 0) is 5.41 Å². The van der Waals surface area contributed by atoms with Gasteiger partial charge in [0, 0.05) is 5.41 Å². The van der Waals surface area contributed by atoms with E-state index >= 15 is 0 Å². The summed E-state index contributed by atoms with van der Waals surface area (Å²) < 4.78 is 0. The van der Waals surface area contributed by atoms with Gasteiger partial charge >= 0.3 is 0 Å². The monoisotopic (exact) mass is 664 g/mol. The molecule has 5 aliphatic carbocycles. The maximum atomic E-state index is 2.69. The molecule has 0 N–H and O–H groups in total. The quantitative estimate of drug-likeness (QED) is 0.165. The predicted molar refractivity (Wildman–Crippen MR) is 219 cm³/mol. The van der Waals surface area contributed by atoms with E-state index in [0.717, 1.165) is 23.7 Å². The lowest BCUT2D eigenvalue weighted by molar-refractivity contribution is -0.0398. The number of benzene rings is 8. The second-order valence-electron chi connectivity index (χ2n) is 16.4. The van der Waals surface area contributed by atoms with Crippen molar-refractivity contribution in [2.45, 2.75) is 37.5 Å². The molecule has 5 aliphatic rings. The molecular formula is C52H40. The lowest BCUT2D eigenvalue weighted by atomic mass is 9.43. The van der Waals surface area contributed by atoms with Gasteiger partial charge in [-0.15, -0.1) is 0 Å². The van der Waals surface area contributed by atoms with Crippen LogP contribution in [0.4, 0.5) is 0 Å². The van der Waals surface area contributed by atoms with Crippen LogP contribution < -0.4 is 0 Å². The summed E-state index contributed by atoms with van der Waals surface area (Å²) in [7, 11) is 0. The minimum absolute atomic E-state index is 0.109. The molecule has 0 radical (unpaired) electrons. The number of hydrogen-bond donors (Lipinski definition) is 0. The zero-order valence-corrected chi connectivity index (χ0v) is 29.4. The van der Waals surface area contributed by atoms with Crippen LogP contribution in [0.3, 0.4) is 0 Å². The zero-order valence-electron chi connectivity index (χ0n) is 29.4. The summed E-state index contributed by atoms with van der Waals surface area (Å²) in [6.45, 7) is 0. The van der Waals surface area contributed by atoms with E-state index < -0.39 is 0 Å². The lowest BCUT2D eigenvalue weighted by Gasteiger charge is -2.61. The maximum absolute atomic E-state index is 2.69. The van der Waals surface area contributed by atoms with Gasteiger partial charge in [-0.2, -0.15) is 0 Å². The van der Waals surface area contributed by atoms with Crippen molar-refractivity contribution >= 4 is 32.3 Å². The first-order chi connectivity index (χ1) is 25.8.